The summed E-state index contributed by atoms with van der Waals surface area (Å²) in [5, 5.41) is 17.3. The molecule has 0 heterocycles. The third-order valence-electron chi connectivity index (χ3n) is 2.01. The van der Waals surface area contributed by atoms with Crippen LogP contribution in [-0.4, -0.2) is 17.7 Å². The Balaban J connectivity index is 3.62. The van der Waals surface area contributed by atoms with Crippen LogP contribution in [0.2, 0.25) is 0 Å². The largest absolute Gasteiger partial charge is 0.478 e. The smallest absolute Gasteiger partial charge is 0.421 e. The predicted octanol–water partition coefficient (Wildman–Crippen LogP) is 2.88. The molecule has 0 unspecified atom stereocenters. The van der Waals surface area contributed by atoms with E-state index in [2.05, 4.69) is 4.74 Å². The lowest BCUT2D eigenvalue weighted by Gasteiger charge is -2.15. The van der Waals surface area contributed by atoms with Crippen LogP contribution in [0.1, 0.15) is 21.5 Å². The number of carboxylic acid groups (broad SMARTS) is 1. The summed E-state index contributed by atoms with van der Waals surface area (Å²) < 4.78 is 65.8. The molecule has 0 atom stereocenters. The van der Waals surface area contributed by atoms with E-state index in [9.17, 15) is 26.7 Å². The van der Waals surface area contributed by atoms with Crippen molar-refractivity contribution in [2.45, 2.75) is 12.8 Å². The van der Waals surface area contributed by atoms with E-state index in [0.29, 0.717) is 12.1 Å². The maximum absolute atomic E-state index is 12.7. The number of alkyl halides is 5. The SMILES string of the molecule is N#Cc1c(C(=O)O)ccc(OC(F)F)c1C(F)(F)F. The van der Waals surface area contributed by atoms with Gasteiger partial charge >= 0.3 is 18.8 Å². The number of hydrogen-bond donors (Lipinski definition) is 1. The van der Waals surface area contributed by atoms with Crippen molar-refractivity contribution in [1.82, 2.24) is 0 Å². The van der Waals surface area contributed by atoms with E-state index in [-0.39, 0.29) is 0 Å². The first-order chi connectivity index (χ1) is 8.68. The van der Waals surface area contributed by atoms with Crippen LogP contribution in [0.15, 0.2) is 12.1 Å². The molecular weight excluding hydrogens is 277 g/mol. The summed E-state index contributed by atoms with van der Waals surface area (Å²) in [6.07, 6.45) is -5.21. The average molecular weight is 281 g/mol. The summed E-state index contributed by atoms with van der Waals surface area (Å²) in [6, 6.07) is 2.06. The Labute approximate surface area is 102 Å². The molecule has 0 fully saturated rings. The number of carboxylic acids is 1. The number of hydrogen-bond acceptors (Lipinski definition) is 3. The summed E-state index contributed by atoms with van der Waals surface area (Å²) in [5.41, 5.74) is -4.07. The number of rotatable bonds is 3. The van der Waals surface area contributed by atoms with Gasteiger partial charge in [-0.1, -0.05) is 0 Å². The first kappa shape index (κ1) is 14.7. The summed E-state index contributed by atoms with van der Waals surface area (Å²) in [7, 11) is 0. The molecule has 0 spiro atoms. The lowest BCUT2D eigenvalue weighted by atomic mass is 10.0. The Kier molecular flexibility index (Phi) is 3.94. The van der Waals surface area contributed by atoms with Gasteiger partial charge in [0.2, 0.25) is 0 Å². The molecule has 9 heteroatoms. The van der Waals surface area contributed by atoms with Gasteiger partial charge in [-0.15, -0.1) is 0 Å². The maximum Gasteiger partial charge on any atom is 0.421 e. The second-order valence-electron chi connectivity index (χ2n) is 3.15. The zero-order valence-corrected chi connectivity index (χ0v) is 8.83. The molecule has 0 saturated heterocycles. The third-order valence-corrected chi connectivity index (χ3v) is 2.01. The molecular formula is C10H4F5NO3. The number of benzene rings is 1. The average Bonchev–Trinajstić information content (AvgIpc) is 2.25. The van der Waals surface area contributed by atoms with Gasteiger partial charge in [0.05, 0.1) is 11.1 Å². The topological polar surface area (TPSA) is 70.3 Å². The first-order valence-electron chi connectivity index (χ1n) is 4.51. The molecule has 102 valence electrons. The van der Waals surface area contributed by atoms with Crippen molar-refractivity contribution in [3.63, 3.8) is 0 Å². The van der Waals surface area contributed by atoms with Gasteiger partial charge in [-0.05, 0) is 12.1 Å². The molecule has 0 aliphatic carbocycles. The lowest BCUT2D eigenvalue weighted by Crippen LogP contribution is -2.16. The molecule has 19 heavy (non-hydrogen) atoms. The number of halogens is 5. The highest BCUT2D eigenvalue weighted by Crippen LogP contribution is 2.40. The van der Waals surface area contributed by atoms with Gasteiger partial charge < -0.3 is 9.84 Å². The fourth-order valence-corrected chi connectivity index (χ4v) is 1.35. The van der Waals surface area contributed by atoms with E-state index in [1.165, 1.54) is 0 Å². The van der Waals surface area contributed by atoms with Crippen molar-refractivity contribution in [2.24, 2.45) is 0 Å². The normalized spacial score (nSPS) is 11.2. The van der Waals surface area contributed by atoms with Gasteiger partial charge in [0.15, 0.2) is 0 Å². The van der Waals surface area contributed by atoms with E-state index in [1.807, 2.05) is 0 Å². The summed E-state index contributed by atoms with van der Waals surface area (Å²) in [6.45, 7) is -3.54. The van der Waals surface area contributed by atoms with E-state index in [0.717, 1.165) is 6.07 Å². The molecule has 1 N–H and O–H groups in total. The molecule has 0 radical (unpaired) electrons. The van der Waals surface area contributed by atoms with Crippen LogP contribution in [0, 0.1) is 11.3 Å². The predicted molar refractivity (Wildman–Crippen MR) is 49.8 cm³/mol. The fourth-order valence-electron chi connectivity index (χ4n) is 1.35. The Morgan fingerprint density at radius 3 is 2.32 bits per heavy atom. The number of ether oxygens (including phenoxy) is 1. The summed E-state index contributed by atoms with van der Waals surface area (Å²) in [5.74, 6) is -3.09. The van der Waals surface area contributed by atoms with Crippen molar-refractivity contribution >= 4 is 5.97 Å². The van der Waals surface area contributed by atoms with Crippen LogP contribution in [0.5, 0.6) is 5.75 Å². The van der Waals surface area contributed by atoms with Gasteiger partial charge in [0.25, 0.3) is 0 Å². The van der Waals surface area contributed by atoms with Crippen molar-refractivity contribution < 1.29 is 36.6 Å². The molecule has 4 nitrogen and oxygen atoms in total. The Morgan fingerprint density at radius 1 is 1.37 bits per heavy atom. The lowest BCUT2D eigenvalue weighted by molar-refractivity contribution is -0.142. The van der Waals surface area contributed by atoms with Crippen molar-refractivity contribution in [3.8, 4) is 11.8 Å². The highest BCUT2D eigenvalue weighted by atomic mass is 19.4. The molecule has 0 amide bonds. The number of nitrogens with zero attached hydrogens (tertiary/aromatic N) is 1. The minimum atomic E-state index is -5.21. The zero-order valence-electron chi connectivity index (χ0n) is 8.83. The van der Waals surface area contributed by atoms with E-state index < -0.39 is 41.2 Å². The highest BCUT2D eigenvalue weighted by Gasteiger charge is 2.40. The third kappa shape index (κ3) is 3.09. The molecule has 0 aliphatic rings. The molecule has 0 aromatic heterocycles. The quantitative estimate of drug-likeness (QED) is 0.865. The van der Waals surface area contributed by atoms with Gasteiger partial charge in [-0.2, -0.15) is 27.2 Å². The monoisotopic (exact) mass is 281 g/mol. The first-order valence-corrected chi connectivity index (χ1v) is 4.51. The van der Waals surface area contributed by atoms with Crippen molar-refractivity contribution in [1.29, 1.82) is 5.26 Å². The number of nitriles is 1. The molecule has 1 rings (SSSR count). The summed E-state index contributed by atoms with van der Waals surface area (Å²) in [4.78, 5) is 10.7. The molecule has 1 aromatic carbocycles. The van der Waals surface area contributed by atoms with Crippen LogP contribution in [-0.2, 0) is 6.18 Å². The Bertz CT molecular complexity index is 547. The van der Waals surface area contributed by atoms with E-state index in [4.69, 9.17) is 10.4 Å². The van der Waals surface area contributed by atoms with Gasteiger partial charge in [-0.25, -0.2) is 4.79 Å². The zero-order chi connectivity index (χ0) is 14.8. The molecule has 0 bridgehead atoms. The van der Waals surface area contributed by atoms with Crippen LogP contribution in [0.4, 0.5) is 22.0 Å². The van der Waals surface area contributed by atoms with E-state index >= 15 is 0 Å². The second kappa shape index (κ2) is 5.09. The molecule has 0 aliphatic heterocycles. The van der Waals surface area contributed by atoms with Crippen molar-refractivity contribution in [2.75, 3.05) is 0 Å². The van der Waals surface area contributed by atoms with Crippen LogP contribution in [0.3, 0.4) is 0 Å². The van der Waals surface area contributed by atoms with Crippen LogP contribution >= 0.6 is 0 Å². The highest BCUT2D eigenvalue weighted by molar-refractivity contribution is 5.91. The second-order valence-corrected chi connectivity index (χ2v) is 3.15. The Morgan fingerprint density at radius 2 is 1.95 bits per heavy atom. The van der Waals surface area contributed by atoms with Crippen LogP contribution in [0.25, 0.3) is 0 Å². The standard InChI is InChI=1S/C10H4F5NO3/c11-9(12)19-6-2-1-4(8(17)18)5(3-16)7(6)10(13,14)15/h1-2,9H,(H,17,18). The molecule has 0 saturated carbocycles. The van der Waals surface area contributed by atoms with Gasteiger partial charge in [0.1, 0.15) is 17.4 Å². The van der Waals surface area contributed by atoms with E-state index in [1.54, 1.807) is 0 Å². The van der Waals surface area contributed by atoms with Gasteiger partial charge in [0, 0.05) is 0 Å². The Hall–Kier alpha value is -2.37. The number of aromatic carboxylic acids is 1. The summed E-state index contributed by atoms with van der Waals surface area (Å²) >= 11 is 0. The fraction of sp³-hybridized carbons (Fsp3) is 0.200. The minimum Gasteiger partial charge on any atom is -0.478 e. The minimum absolute atomic E-state index is 0.430. The van der Waals surface area contributed by atoms with Crippen molar-refractivity contribution in [3.05, 3.63) is 28.8 Å². The number of carbonyl (C=O) groups is 1. The molecule has 1 aromatic rings. The van der Waals surface area contributed by atoms with Gasteiger partial charge in [-0.3, -0.25) is 0 Å². The van der Waals surface area contributed by atoms with Crippen LogP contribution < -0.4 is 4.74 Å². The maximum atomic E-state index is 12.7.